The lowest BCUT2D eigenvalue weighted by Crippen LogP contribution is -2.20. The summed E-state index contributed by atoms with van der Waals surface area (Å²) < 4.78 is 0. The zero-order chi connectivity index (χ0) is 11.3. The summed E-state index contributed by atoms with van der Waals surface area (Å²) in [7, 11) is 0. The minimum atomic E-state index is 0.773. The molecule has 1 aliphatic carbocycles. The Hall–Kier alpha value is 0.480. The molecule has 0 bridgehead atoms. The van der Waals surface area contributed by atoms with Crippen molar-refractivity contribution in [2.45, 2.75) is 70.5 Å². The van der Waals surface area contributed by atoms with Crippen LogP contribution in [0, 0.1) is 17.8 Å². The standard InChI is InChI=1S/C14H27Br/c1-4-5-14(15)7-6-13-9-11(2)8-12(3)10-13/h11-14H,4-10H2,1-3H3. The molecule has 1 rings (SSSR count). The third kappa shape index (κ3) is 5.38. The topological polar surface area (TPSA) is 0 Å². The van der Waals surface area contributed by atoms with Crippen molar-refractivity contribution in [1.82, 2.24) is 0 Å². The van der Waals surface area contributed by atoms with Crippen molar-refractivity contribution in [2.75, 3.05) is 0 Å². The maximum atomic E-state index is 3.80. The first-order valence-electron chi connectivity index (χ1n) is 6.75. The van der Waals surface area contributed by atoms with E-state index in [-0.39, 0.29) is 0 Å². The minimum Gasteiger partial charge on any atom is -0.0891 e. The number of hydrogen-bond donors (Lipinski definition) is 0. The van der Waals surface area contributed by atoms with Gasteiger partial charge in [-0.25, -0.2) is 0 Å². The van der Waals surface area contributed by atoms with E-state index in [4.69, 9.17) is 0 Å². The number of alkyl halides is 1. The molecule has 1 aliphatic rings. The summed E-state index contributed by atoms with van der Waals surface area (Å²) in [6.45, 7) is 7.14. The molecule has 0 aromatic carbocycles. The largest absolute Gasteiger partial charge is 0.0891 e. The maximum Gasteiger partial charge on any atom is 0.0145 e. The van der Waals surface area contributed by atoms with E-state index >= 15 is 0 Å². The minimum absolute atomic E-state index is 0.773. The van der Waals surface area contributed by atoms with Crippen LogP contribution in [0.4, 0.5) is 0 Å². The molecule has 1 fully saturated rings. The third-order valence-electron chi connectivity index (χ3n) is 3.77. The first-order valence-corrected chi connectivity index (χ1v) is 7.67. The molecule has 1 saturated carbocycles. The Bertz CT molecular complexity index is 157. The molecule has 1 heteroatoms. The molecule has 3 unspecified atom stereocenters. The van der Waals surface area contributed by atoms with Crippen LogP contribution in [0.15, 0.2) is 0 Å². The maximum absolute atomic E-state index is 3.80. The van der Waals surface area contributed by atoms with Crippen LogP contribution in [0.25, 0.3) is 0 Å². The number of hydrogen-bond acceptors (Lipinski definition) is 0. The van der Waals surface area contributed by atoms with E-state index in [9.17, 15) is 0 Å². The molecule has 0 aromatic heterocycles. The predicted octanol–water partition coefficient (Wildman–Crippen LogP) is 5.40. The molecule has 0 aromatic rings. The van der Waals surface area contributed by atoms with Gasteiger partial charge in [-0.1, -0.05) is 43.1 Å². The Morgan fingerprint density at radius 3 is 2.20 bits per heavy atom. The van der Waals surface area contributed by atoms with Crippen molar-refractivity contribution >= 4 is 15.9 Å². The van der Waals surface area contributed by atoms with Crippen LogP contribution in [0.3, 0.4) is 0 Å². The van der Waals surface area contributed by atoms with E-state index < -0.39 is 0 Å². The van der Waals surface area contributed by atoms with Crippen molar-refractivity contribution in [1.29, 1.82) is 0 Å². The third-order valence-corrected chi connectivity index (χ3v) is 4.68. The van der Waals surface area contributed by atoms with Crippen LogP contribution in [-0.4, -0.2) is 4.83 Å². The summed E-state index contributed by atoms with van der Waals surface area (Å²) in [5.74, 6) is 2.96. The van der Waals surface area contributed by atoms with Gasteiger partial charge in [-0.15, -0.1) is 0 Å². The van der Waals surface area contributed by atoms with Gasteiger partial charge in [0.25, 0.3) is 0 Å². The summed E-state index contributed by atoms with van der Waals surface area (Å²) in [6.07, 6.45) is 9.92. The Morgan fingerprint density at radius 2 is 1.67 bits per heavy atom. The highest BCUT2D eigenvalue weighted by molar-refractivity contribution is 9.09. The van der Waals surface area contributed by atoms with Crippen LogP contribution >= 0.6 is 15.9 Å². The fourth-order valence-corrected chi connectivity index (χ4v) is 3.95. The Morgan fingerprint density at radius 1 is 1.07 bits per heavy atom. The number of rotatable bonds is 5. The number of halogens is 1. The van der Waals surface area contributed by atoms with Gasteiger partial charge in [0, 0.05) is 4.83 Å². The van der Waals surface area contributed by atoms with Gasteiger partial charge < -0.3 is 0 Å². The fourth-order valence-electron chi connectivity index (χ4n) is 3.22. The Labute approximate surface area is 104 Å². The molecule has 0 heterocycles. The molecule has 0 saturated heterocycles. The SMILES string of the molecule is CCCC(Br)CCC1CC(C)CC(C)C1. The summed E-state index contributed by atoms with van der Waals surface area (Å²) in [5, 5.41) is 0. The summed E-state index contributed by atoms with van der Waals surface area (Å²) in [6, 6.07) is 0. The van der Waals surface area contributed by atoms with Crippen LogP contribution < -0.4 is 0 Å². The van der Waals surface area contributed by atoms with Crippen LogP contribution in [0.1, 0.15) is 65.7 Å². The van der Waals surface area contributed by atoms with E-state index in [1.165, 1.54) is 44.9 Å². The molecular formula is C14H27Br. The average molecular weight is 275 g/mol. The molecule has 0 aliphatic heterocycles. The van der Waals surface area contributed by atoms with Crippen molar-refractivity contribution in [3.8, 4) is 0 Å². The van der Waals surface area contributed by atoms with E-state index in [2.05, 4.69) is 36.7 Å². The molecule has 0 nitrogen and oxygen atoms in total. The summed E-state index contributed by atoms with van der Waals surface area (Å²) >= 11 is 3.80. The Balaban J connectivity index is 2.20. The second kappa shape index (κ2) is 6.93. The molecular weight excluding hydrogens is 248 g/mol. The zero-order valence-corrected chi connectivity index (χ0v) is 12.2. The van der Waals surface area contributed by atoms with Gasteiger partial charge in [-0.2, -0.15) is 0 Å². The van der Waals surface area contributed by atoms with E-state index in [0.29, 0.717) is 0 Å². The van der Waals surface area contributed by atoms with E-state index in [1.807, 2.05) is 0 Å². The van der Waals surface area contributed by atoms with Gasteiger partial charge >= 0.3 is 0 Å². The van der Waals surface area contributed by atoms with Gasteiger partial charge in [0.2, 0.25) is 0 Å². The predicted molar refractivity (Wildman–Crippen MR) is 72.5 cm³/mol. The summed E-state index contributed by atoms with van der Waals surface area (Å²) in [4.78, 5) is 0.773. The first kappa shape index (κ1) is 13.5. The first-order chi connectivity index (χ1) is 7.11. The van der Waals surface area contributed by atoms with Crippen LogP contribution in [0.5, 0.6) is 0 Å². The average Bonchev–Trinajstić information content (AvgIpc) is 2.14. The molecule has 90 valence electrons. The lowest BCUT2D eigenvalue weighted by atomic mass is 9.75. The molecule has 0 N–H and O–H groups in total. The van der Waals surface area contributed by atoms with Crippen LogP contribution in [0.2, 0.25) is 0 Å². The smallest absolute Gasteiger partial charge is 0.0145 e. The van der Waals surface area contributed by atoms with E-state index in [0.717, 1.165) is 22.6 Å². The second-order valence-corrected chi connectivity index (χ2v) is 7.04. The quantitative estimate of drug-likeness (QED) is 0.589. The fraction of sp³-hybridized carbons (Fsp3) is 1.00. The molecule has 0 spiro atoms. The van der Waals surface area contributed by atoms with Gasteiger partial charge in [0.15, 0.2) is 0 Å². The molecule has 15 heavy (non-hydrogen) atoms. The van der Waals surface area contributed by atoms with Crippen molar-refractivity contribution in [2.24, 2.45) is 17.8 Å². The van der Waals surface area contributed by atoms with Gasteiger partial charge in [-0.05, 0) is 56.3 Å². The van der Waals surface area contributed by atoms with E-state index in [1.54, 1.807) is 0 Å². The Kier molecular flexibility index (Phi) is 6.26. The molecule has 3 atom stereocenters. The lowest BCUT2D eigenvalue weighted by molar-refractivity contribution is 0.207. The van der Waals surface area contributed by atoms with Gasteiger partial charge in [0.1, 0.15) is 0 Å². The van der Waals surface area contributed by atoms with Gasteiger partial charge in [0.05, 0.1) is 0 Å². The highest BCUT2D eigenvalue weighted by Crippen LogP contribution is 2.36. The lowest BCUT2D eigenvalue weighted by Gasteiger charge is -2.31. The van der Waals surface area contributed by atoms with Crippen molar-refractivity contribution in [3.05, 3.63) is 0 Å². The van der Waals surface area contributed by atoms with Crippen molar-refractivity contribution in [3.63, 3.8) is 0 Å². The van der Waals surface area contributed by atoms with Gasteiger partial charge in [-0.3, -0.25) is 0 Å². The zero-order valence-electron chi connectivity index (χ0n) is 10.6. The van der Waals surface area contributed by atoms with Crippen molar-refractivity contribution < 1.29 is 0 Å². The highest BCUT2D eigenvalue weighted by atomic mass is 79.9. The normalized spacial score (nSPS) is 34.0. The molecule has 0 radical (unpaired) electrons. The van der Waals surface area contributed by atoms with Crippen LogP contribution in [-0.2, 0) is 0 Å². The summed E-state index contributed by atoms with van der Waals surface area (Å²) in [5.41, 5.74) is 0. The second-order valence-electron chi connectivity index (χ2n) is 5.75. The molecule has 0 amide bonds. The highest BCUT2D eigenvalue weighted by Gasteiger charge is 2.23. The monoisotopic (exact) mass is 274 g/mol.